The second kappa shape index (κ2) is 8.32. The number of allylic oxidation sites excluding steroid dienone is 1. The molecule has 1 saturated heterocycles. The minimum Gasteiger partial charge on any atom is -0.381 e. The number of likely N-dealkylation sites (tertiary alicyclic amines) is 1. The van der Waals surface area contributed by atoms with Crippen molar-refractivity contribution in [2.45, 2.75) is 57.5 Å². The summed E-state index contributed by atoms with van der Waals surface area (Å²) in [6.07, 6.45) is 7.55. The van der Waals surface area contributed by atoms with Gasteiger partial charge in [-0.15, -0.1) is 6.58 Å². The van der Waals surface area contributed by atoms with Crippen LogP contribution in [0.2, 0.25) is 0 Å². The summed E-state index contributed by atoms with van der Waals surface area (Å²) in [4.78, 5) is 26.5. The second-order valence-corrected chi connectivity index (χ2v) is 6.38. The summed E-state index contributed by atoms with van der Waals surface area (Å²) in [5, 5.41) is 3.01. The van der Waals surface area contributed by atoms with Crippen LogP contribution >= 0.6 is 0 Å². The highest BCUT2D eigenvalue weighted by Crippen LogP contribution is 2.23. The standard InChI is InChI=1S/C17H28N2O3/c1-3-4-5-11-22-12-13(2)17(21)19-10-6-7-15(19)16(20)18-14-8-9-14/h3,13-15H,1,4-12H2,2H3,(H,18,20)/t13-,15?/m0/s1. The molecule has 0 bridgehead atoms. The highest BCUT2D eigenvalue weighted by atomic mass is 16.5. The lowest BCUT2D eigenvalue weighted by Crippen LogP contribution is -2.48. The highest BCUT2D eigenvalue weighted by Gasteiger charge is 2.37. The molecule has 2 aliphatic rings. The lowest BCUT2D eigenvalue weighted by Gasteiger charge is -2.26. The van der Waals surface area contributed by atoms with E-state index in [1.54, 1.807) is 4.90 Å². The van der Waals surface area contributed by atoms with Crippen LogP contribution < -0.4 is 5.32 Å². The van der Waals surface area contributed by atoms with Crippen molar-refractivity contribution in [1.82, 2.24) is 10.2 Å². The van der Waals surface area contributed by atoms with E-state index in [1.165, 1.54) is 0 Å². The Morgan fingerprint density at radius 1 is 1.41 bits per heavy atom. The zero-order chi connectivity index (χ0) is 15.9. The Balaban J connectivity index is 1.76. The van der Waals surface area contributed by atoms with Gasteiger partial charge in [0, 0.05) is 19.2 Å². The van der Waals surface area contributed by atoms with Crippen LogP contribution in [0.4, 0.5) is 0 Å². The van der Waals surface area contributed by atoms with Crippen LogP contribution in [-0.2, 0) is 14.3 Å². The molecular formula is C17H28N2O3. The largest absolute Gasteiger partial charge is 0.381 e. The van der Waals surface area contributed by atoms with E-state index in [2.05, 4.69) is 11.9 Å². The molecule has 2 rings (SSSR count). The van der Waals surface area contributed by atoms with Gasteiger partial charge in [-0.2, -0.15) is 0 Å². The van der Waals surface area contributed by atoms with Crippen molar-refractivity contribution < 1.29 is 14.3 Å². The Morgan fingerprint density at radius 3 is 2.86 bits per heavy atom. The zero-order valence-corrected chi connectivity index (χ0v) is 13.6. The van der Waals surface area contributed by atoms with E-state index in [9.17, 15) is 9.59 Å². The summed E-state index contributed by atoms with van der Waals surface area (Å²) in [5.41, 5.74) is 0. The molecule has 1 N–H and O–H groups in total. The maximum atomic E-state index is 12.5. The van der Waals surface area contributed by atoms with Gasteiger partial charge in [0.15, 0.2) is 0 Å². The number of carbonyl (C=O) groups is 2. The predicted molar refractivity (Wildman–Crippen MR) is 85.3 cm³/mol. The van der Waals surface area contributed by atoms with E-state index in [0.29, 0.717) is 25.8 Å². The van der Waals surface area contributed by atoms with Gasteiger partial charge in [-0.1, -0.05) is 13.0 Å². The number of ether oxygens (including phenoxy) is 1. The molecule has 1 unspecified atom stereocenters. The van der Waals surface area contributed by atoms with E-state index >= 15 is 0 Å². The molecule has 2 fully saturated rings. The fourth-order valence-electron chi connectivity index (χ4n) is 2.77. The minimum atomic E-state index is -0.281. The van der Waals surface area contributed by atoms with Crippen LogP contribution in [-0.4, -0.2) is 48.6 Å². The van der Waals surface area contributed by atoms with Crippen LogP contribution in [0.15, 0.2) is 12.7 Å². The van der Waals surface area contributed by atoms with Gasteiger partial charge in [-0.3, -0.25) is 9.59 Å². The SMILES string of the molecule is C=CCCCOC[C@H](C)C(=O)N1CCCC1C(=O)NC1CC1. The number of rotatable bonds is 9. The molecule has 0 aromatic carbocycles. The number of nitrogens with one attached hydrogen (secondary N) is 1. The van der Waals surface area contributed by atoms with Crippen molar-refractivity contribution >= 4 is 11.8 Å². The molecule has 0 spiro atoms. The van der Waals surface area contributed by atoms with Gasteiger partial charge < -0.3 is 15.0 Å². The summed E-state index contributed by atoms with van der Waals surface area (Å²) in [5.74, 6) is -0.136. The topological polar surface area (TPSA) is 58.6 Å². The fraction of sp³-hybridized carbons (Fsp3) is 0.765. The van der Waals surface area contributed by atoms with Gasteiger partial charge in [-0.05, 0) is 38.5 Å². The lowest BCUT2D eigenvalue weighted by atomic mass is 10.1. The fourth-order valence-corrected chi connectivity index (χ4v) is 2.77. The first-order valence-corrected chi connectivity index (χ1v) is 8.43. The predicted octanol–water partition coefficient (Wildman–Crippen LogP) is 1.87. The number of carbonyl (C=O) groups excluding carboxylic acids is 2. The number of amides is 2. The van der Waals surface area contributed by atoms with Crippen LogP contribution in [0, 0.1) is 5.92 Å². The molecule has 0 aromatic heterocycles. The maximum Gasteiger partial charge on any atom is 0.243 e. The molecular weight excluding hydrogens is 280 g/mol. The van der Waals surface area contributed by atoms with Crippen LogP contribution in [0.3, 0.4) is 0 Å². The third-order valence-electron chi connectivity index (χ3n) is 4.25. The average Bonchev–Trinajstić information content (AvgIpc) is 3.18. The van der Waals surface area contributed by atoms with E-state index in [4.69, 9.17) is 4.74 Å². The summed E-state index contributed by atoms with van der Waals surface area (Å²) < 4.78 is 5.55. The molecule has 0 aromatic rings. The smallest absolute Gasteiger partial charge is 0.243 e. The zero-order valence-electron chi connectivity index (χ0n) is 13.6. The van der Waals surface area contributed by atoms with Gasteiger partial charge >= 0.3 is 0 Å². The molecule has 22 heavy (non-hydrogen) atoms. The normalized spacial score (nSPS) is 22.4. The quantitative estimate of drug-likeness (QED) is 0.522. The van der Waals surface area contributed by atoms with Crippen molar-refractivity contribution in [2.75, 3.05) is 19.8 Å². The van der Waals surface area contributed by atoms with Gasteiger partial charge in [-0.25, -0.2) is 0 Å². The van der Waals surface area contributed by atoms with E-state index in [0.717, 1.165) is 38.5 Å². The molecule has 1 aliphatic heterocycles. The number of hydrogen-bond donors (Lipinski definition) is 1. The molecule has 1 saturated carbocycles. The molecule has 2 atom stereocenters. The summed E-state index contributed by atoms with van der Waals surface area (Å²) in [6.45, 7) is 7.30. The third kappa shape index (κ3) is 4.83. The van der Waals surface area contributed by atoms with E-state index in [-0.39, 0.29) is 23.8 Å². The molecule has 5 nitrogen and oxygen atoms in total. The Hall–Kier alpha value is -1.36. The third-order valence-corrected chi connectivity index (χ3v) is 4.25. The molecule has 124 valence electrons. The molecule has 1 aliphatic carbocycles. The first kappa shape index (κ1) is 17.0. The Morgan fingerprint density at radius 2 is 2.18 bits per heavy atom. The Bertz CT molecular complexity index is 407. The Kier molecular flexibility index (Phi) is 6.43. The number of nitrogens with zero attached hydrogens (tertiary/aromatic N) is 1. The van der Waals surface area contributed by atoms with Gasteiger partial charge in [0.05, 0.1) is 12.5 Å². The van der Waals surface area contributed by atoms with Gasteiger partial charge in [0.1, 0.15) is 6.04 Å². The molecule has 1 heterocycles. The minimum absolute atomic E-state index is 0.0208. The summed E-state index contributed by atoms with van der Waals surface area (Å²) in [6, 6.07) is 0.0620. The van der Waals surface area contributed by atoms with Crippen LogP contribution in [0.25, 0.3) is 0 Å². The van der Waals surface area contributed by atoms with Crippen molar-refractivity contribution in [3.63, 3.8) is 0 Å². The van der Waals surface area contributed by atoms with Crippen molar-refractivity contribution in [3.8, 4) is 0 Å². The first-order chi connectivity index (χ1) is 10.6. The van der Waals surface area contributed by atoms with Crippen molar-refractivity contribution in [2.24, 2.45) is 5.92 Å². The van der Waals surface area contributed by atoms with Crippen LogP contribution in [0.1, 0.15) is 45.4 Å². The van der Waals surface area contributed by atoms with Gasteiger partial charge in [0.2, 0.25) is 11.8 Å². The molecule has 2 amide bonds. The second-order valence-electron chi connectivity index (χ2n) is 6.38. The van der Waals surface area contributed by atoms with E-state index < -0.39 is 0 Å². The van der Waals surface area contributed by atoms with Crippen molar-refractivity contribution in [3.05, 3.63) is 12.7 Å². The Labute approximate surface area is 133 Å². The van der Waals surface area contributed by atoms with Crippen LogP contribution in [0.5, 0.6) is 0 Å². The number of unbranched alkanes of at least 4 members (excludes halogenated alkanes) is 1. The van der Waals surface area contributed by atoms with Gasteiger partial charge in [0.25, 0.3) is 0 Å². The molecule has 5 heteroatoms. The molecule has 0 radical (unpaired) electrons. The average molecular weight is 308 g/mol. The van der Waals surface area contributed by atoms with Crippen molar-refractivity contribution in [1.29, 1.82) is 0 Å². The summed E-state index contributed by atoms with van der Waals surface area (Å²) >= 11 is 0. The van der Waals surface area contributed by atoms with E-state index in [1.807, 2.05) is 13.0 Å². The monoisotopic (exact) mass is 308 g/mol. The summed E-state index contributed by atoms with van der Waals surface area (Å²) in [7, 11) is 0. The lowest BCUT2D eigenvalue weighted by molar-refractivity contribution is -0.142. The maximum absolute atomic E-state index is 12.5. The first-order valence-electron chi connectivity index (χ1n) is 8.43. The number of hydrogen-bond acceptors (Lipinski definition) is 3. The highest BCUT2D eigenvalue weighted by molar-refractivity contribution is 5.89.